The Balaban J connectivity index is 1.82. The number of alkyl halides is 3. The molecular weight excluding hydrogens is 401 g/mol. The van der Waals surface area contributed by atoms with Crippen molar-refractivity contribution in [1.29, 1.82) is 0 Å². The van der Waals surface area contributed by atoms with Gasteiger partial charge in [-0.25, -0.2) is 0 Å². The van der Waals surface area contributed by atoms with Crippen LogP contribution in [0, 0.1) is 6.92 Å². The van der Waals surface area contributed by atoms with Crippen LogP contribution in [0.25, 0.3) is 21.9 Å². The van der Waals surface area contributed by atoms with E-state index in [1.807, 2.05) is 44.2 Å². The van der Waals surface area contributed by atoms with E-state index in [2.05, 4.69) is 10.2 Å². The zero-order valence-corrected chi connectivity index (χ0v) is 16.7. The predicted molar refractivity (Wildman–Crippen MR) is 106 cm³/mol. The van der Waals surface area contributed by atoms with Crippen LogP contribution in [0.4, 0.5) is 13.2 Å². The Bertz CT molecular complexity index is 1210. The molecular formula is C22H19F3O3S. The lowest BCUT2D eigenvalue weighted by Gasteiger charge is -2.17. The van der Waals surface area contributed by atoms with E-state index in [1.165, 1.54) is 6.07 Å². The largest absolute Gasteiger partial charge is 0.534 e. The highest BCUT2D eigenvalue weighted by atomic mass is 32.2. The molecule has 1 aliphatic carbocycles. The minimum Gasteiger partial charge on any atom is -0.376 e. The molecule has 152 valence electrons. The summed E-state index contributed by atoms with van der Waals surface area (Å²) in [5.74, 6) is -0.325. The number of hydrogen-bond donors (Lipinski definition) is 0. The van der Waals surface area contributed by atoms with Gasteiger partial charge in [0.25, 0.3) is 0 Å². The molecule has 1 aliphatic rings. The smallest absolute Gasteiger partial charge is 0.376 e. The van der Waals surface area contributed by atoms with Gasteiger partial charge >= 0.3 is 15.6 Å². The molecule has 29 heavy (non-hydrogen) atoms. The number of halogens is 3. The lowest BCUT2D eigenvalue weighted by molar-refractivity contribution is -0.0500. The molecule has 0 radical (unpaired) electrons. The predicted octanol–water partition coefficient (Wildman–Crippen LogP) is 6.09. The van der Waals surface area contributed by atoms with Gasteiger partial charge < -0.3 is 4.18 Å². The van der Waals surface area contributed by atoms with Gasteiger partial charge in [0.15, 0.2) is 0 Å². The lowest BCUT2D eigenvalue weighted by Crippen LogP contribution is -2.28. The summed E-state index contributed by atoms with van der Waals surface area (Å²) in [7, 11) is -5.71. The van der Waals surface area contributed by atoms with E-state index in [9.17, 15) is 21.6 Å². The third kappa shape index (κ3) is 3.48. The van der Waals surface area contributed by atoms with Crippen LogP contribution in [-0.2, 0) is 16.5 Å². The third-order valence-corrected chi connectivity index (χ3v) is 6.39. The Hall–Kier alpha value is -2.54. The molecule has 1 atom stereocenters. The second-order valence-electron chi connectivity index (χ2n) is 7.49. The monoisotopic (exact) mass is 420 g/mol. The van der Waals surface area contributed by atoms with E-state index in [0.29, 0.717) is 12.0 Å². The number of rotatable bonds is 3. The van der Waals surface area contributed by atoms with E-state index in [4.69, 9.17) is 0 Å². The molecule has 0 N–H and O–H groups in total. The van der Waals surface area contributed by atoms with Crippen molar-refractivity contribution in [3.05, 3.63) is 65.2 Å². The van der Waals surface area contributed by atoms with Crippen LogP contribution in [0.5, 0.6) is 5.75 Å². The summed E-state index contributed by atoms with van der Waals surface area (Å²) in [6.07, 6.45) is 1.38. The summed E-state index contributed by atoms with van der Waals surface area (Å²) in [6, 6.07) is 15.2. The lowest BCUT2D eigenvalue weighted by atomic mass is 9.93. The fourth-order valence-electron chi connectivity index (χ4n) is 4.00. The first-order chi connectivity index (χ1) is 13.6. The molecule has 0 fully saturated rings. The molecule has 1 unspecified atom stereocenters. The van der Waals surface area contributed by atoms with Gasteiger partial charge in [-0.15, -0.1) is 0 Å². The van der Waals surface area contributed by atoms with Crippen LogP contribution in [0.1, 0.15) is 36.0 Å². The van der Waals surface area contributed by atoms with Crippen LogP contribution in [-0.4, -0.2) is 13.9 Å². The van der Waals surface area contributed by atoms with Crippen molar-refractivity contribution in [2.45, 2.75) is 38.1 Å². The number of hydrogen-bond acceptors (Lipinski definition) is 3. The summed E-state index contributed by atoms with van der Waals surface area (Å²) in [6.45, 7) is 3.89. The van der Waals surface area contributed by atoms with Gasteiger partial charge in [-0.05, 0) is 65.3 Å². The third-order valence-electron chi connectivity index (χ3n) is 5.43. The van der Waals surface area contributed by atoms with Crippen LogP contribution in [0.15, 0.2) is 48.5 Å². The number of aryl methyl sites for hydroxylation is 1. The molecule has 0 aliphatic heterocycles. The van der Waals surface area contributed by atoms with Crippen molar-refractivity contribution in [3.63, 3.8) is 0 Å². The average molecular weight is 420 g/mol. The Morgan fingerprint density at radius 3 is 2.41 bits per heavy atom. The van der Waals surface area contributed by atoms with Crippen molar-refractivity contribution < 1.29 is 25.8 Å². The quantitative estimate of drug-likeness (QED) is 0.380. The Labute approximate surface area is 167 Å². The van der Waals surface area contributed by atoms with Gasteiger partial charge in [0.2, 0.25) is 0 Å². The van der Waals surface area contributed by atoms with Crippen molar-refractivity contribution in [1.82, 2.24) is 0 Å². The van der Waals surface area contributed by atoms with Crippen LogP contribution in [0.3, 0.4) is 0 Å². The fourth-order valence-corrected chi connectivity index (χ4v) is 4.48. The van der Waals surface area contributed by atoms with Gasteiger partial charge in [0.05, 0.1) is 0 Å². The molecule has 0 amide bonds. The zero-order chi connectivity index (χ0) is 21.0. The summed E-state index contributed by atoms with van der Waals surface area (Å²) in [5.41, 5.74) is -1.08. The highest BCUT2D eigenvalue weighted by Crippen LogP contribution is 2.45. The Kier molecular flexibility index (Phi) is 4.61. The van der Waals surface area contributed by atoms with Gasteiger partial charge in [-0.2, -0.15) is 21.6 Å². The minimum atomic E-state index is -5.71. The highest BCUT2D eigenvalue weighted by Gasteiger charge is 2.49. The van der Waals surface area contributed by atoms with E-state index in [1.54, 1.807) is 6.07 Å². The summed E-state index contributed by atoms with van der Waals surface area (Å²) < 4.78 is 65.8. The second-order valence-corrected chi connectivity index (χ2v) is 9.03. The van der Waals surface area contributed by atoms with Crippen LogP contribution >= 0.6 is 0 Å². The summed E-state index contributed by atoms with van der Waals surface area (Å²) in [4.78, 5) is 0. The van der Waals surface area contributed by atoms with Gasteiger partial charge in [0.1, 0.15) is 5.75 Å². The van der Waals surface area contributed by atoms with Crippen molar-refractivity contribution in [3.8, 4) is 16.9 Å². The van der Waals surface area contributed by atoms with E-state index < -0.39 is 15.6 Å². The molecule has 0 aromatic heterocycles. The molecule has 0 saturated carbocycles. The SMILES string of the molecule is Cc1ccc2cc(-c3ccc(OS(=O)(=O)C(F)(F)F)c4c3CCC4C)ccc2c1. The van der Waals surface area contributed by atoms with E-state index in [-0.39, 0.29) is 11.7 Å². The first-order valence-corrected chi connectivity index (χ1v) is 10.6. The standard InChI is InChI=1S/C22H19F3O3S/c1-13-3-5-16-12-17(7-6-15(16)11-13)18-9-10-20(21-14(2)4-8-19(18)21)28-29(26,27)22(23,24)25/h3,5-7,9-12,14H,4,8H2,1-2H3. The number of benzene rings is 3. The molecule has 3 aromatic rings. The minimum absolute atomic E-state index is 0.0912. The highest BCUT2D eigenvalue weighted by molar-refractivity contribution is 7.88. The van der Waals surface area contributed by atoms with Gasteiger partial charge in [-0.3, -0.25) is 0 Å². The average Bonchev–Trinajstić information content (AvgIpc) is 3.03. The first-order valence-electron chi connectivity index (χ1n) is 9.24. The van der Waals surface area contributed by atoms with Crippen molar-refractivity contribution in [2.24, 2.45) is 0 Å². The number of fused-ring (bicyclic) bond motifs is 2. The molecule has 4 rings (SSSR count). The van der Waals surface area contributed by atoms with Crippen molar-refractivity contribution in [2.75, 3.05) is 0 Å². The first kappa shape index (κ1) is 19.8. The molecule has 0 saturated heterocycles. The fraction of sp³-hybridized carbons (Fsp3) is 0.273. The normalized spacial score (nSPS) is 16.8. The van der Waals surface area contributed by atoms with Crippen molar-refractivity contribution >= 4 is 20.9 Å². The van der Waals surface area contributed by atoms with E-state index in [0.717, 1.165) is 39.4 Å². The molecule has 0 heterocycles. The topological polar surface area (TPSA) is 43.4 Å². The molecule has 3 nitrogen and oxygen atoms in total. The summed E-state index contributed by atoms with van der Waals surface area (Å²) >= 11 is 0. The van der Waals surface area contributed by atoms with Gasteiger partial charge in [-0.1, -0.05) is 48.9 Å². The second kappa shape index (κ2) is 6.76. The molecule has 7 heteroatoms. The van der Waals surface area contributed by atoms with Gasteiger partial charge in [0, 0.05) is 5.56 Å². The van der Waals surface area contributed by atoms with Crippen LogP contribution < -0.4 is 4.18 Å². The molecule has 3 aromatic carbocycles. The maximum absolute atomic E-state index is 12.8. The Morgan fingerprint density at radius 1 is 1.00 bits per heavy atom. The summed E-state index contributed by atoms with van der Waals surface area (Å²) in [5, 5.41) is 2.17. The molecule has 0 bridgehead atoms. The molecule has 0 spiro atoms. The Morgan fingerprint density at radius 2 is 1.69 bits per heavy atom. The maximum atomic E-state index is 12.8. The maximum Gasteiger partial charge on any atom is 0.534 e. The zero-order valence-electron chi connectivity index (χ0n) is 15.9. The van der Waals surface area contributed by atoms with Crippen LogP contribution in [0.2, 0.25) is 0 Å². The van der Waals surface area contributed by atoms with E-state index >= 15 is 0 Å².